The van der Waals surface area contributed by atoms with E-state index in [1.807, 2.05) is 0 Å². The minimum absolute atomic E-state index is 0.0149. The van der Waals surface area contributed by atoms with Crippen molar-refractivity contribution >= 4 is 38.0 Å². The average molecular weight is 430 g/mol. The molecule has 0 N–H and O–H groups in total. The molecule has 0 unspecified atom stereocenters. The summed E-state index contributed by atoms with van der Waals surface area (Å²) in [5, 5.41) is 11.1. The maximum absolute atomic E-state index is 12.5. The Morgan fingerprint density at radius 3 is 2.56 bits per heavy atom. The molecule has 2 aromatic rings. The summed E-state index contributed by atoms with van der Waals surface area (Å²) < 4.78 is 35.6. The minimum Gasteiger partial charge on any atom is -0.490 e. The third-order valence-corrected chi connectivity index (χ3v) is 4.85. The molecule has 132 valence electrons. The Kier molecular flexibility index (Phi) is 5.75. The molecule has 0 fully saturated rings. The van der Waals surface area contributed by atoms with E-state index in [4.69, 9.17) is 8.92 Å². The summed E-state index contributed by atoms with van der Waals surface area (Å²) in [5.74, 6) is -0.188. The molecule has 0 aromatic heterocycles. The van der Waals surface area contributed by atoms with Gasteiger partial charge in [-0.1, -0.05) is 12.1 Å². The Morgan fingerprint density at radius 2 is 1.96 bits per heavy atom. The lowest BCUT2D eigenvalue weighted by molar-refractivity contribution is -0.387. The first kappa shape index (κ1) is 18.9. The summed E-state index contributed by atoms with van der Waals surface area (Å²) >= 11 is 3.12. The van der Waals surface area contributed by atoms with Crippen LogP contribution in [-0.2, 0) is 10.1 Å². The van der Waals surface area contributed by atoms with Gasteiger partial charge in [-0.2, -0.15) is 8.42 Å². The lowest BCUT2D eigenvalue weighted by atomic mass is 10.2. The summed E-state index contributed by atoms with van der Waals surface area (Å²) in [6.45, 7) is 1.86. The second kappa shape index (κ2) is 7.62. The summed E-state index contributed by atoms with van der Waals surface area (Å²) in [6, 6.07) is 7.48. The molecule has 0 atom stereocenters. The predicted octanol–water partition coefficient (Wildman–Crippen LogP) is 3.34. The molecule has 0 radical (unpaired) electrons. The molecule has 0 aliphatic carbocycles. The van der Waals surface area contributed by atoms with Crippen LogP contribution in [0.15, 0.2) is 45.8 Å². The van der Waals surface area contributed by atoms with Crippen molar-refractivity contribution in [1.82, 2.24) is 0 Å². The van der Waals surface area contributed by atoms with Gasteiger partial charge in [0.25, 0.3) is 5.69 Å². The van der Waals surface area contributed by atoms with Gasteiger partial charge in [0.15, 0.2) is 16.4 Å². The van der Waals surface area contributed by atoms with Gasteiger partial charge in [0.1, 0.15) is 6.29 Å². The largest absolute Gasteiger partial charge is 0.490 e. The van der Waals surface area contributed by atoms with Crippen molar-refractivity contribution in [2.45, 2.75) is 11.8 Å². The molecule has 0 aliphatic heterocycles. The van der Waals surface area contributed by atoms with Crippen LogP contribution in [0.25, 0.3) is 0 Å². The van der Waals surface area contributed by atoms with Gasteiger partial charge in [0.2, 0.25) is 0 Å². The zero-order chi connectivity index (χ0) is 18.6. The number of rotatable bonds is 7. The van der Waals surface area contributed by atoms with Crippen molar-refractivity contribution in [2.24, 2.45) is 0 Å². The zero-order valence-electron chi connectivity index (χ0n) is 12.8. The van der Waals surface area contributed by atoms with E-state index in [9.17, 15) is 23.3 Å². The first-order chi connectivity index (χ1) is 11.8. The minimum atomic E-state index is -4.51. The van der Waals surface area contributed by atoms with Gasteiger partial charge in [0.05, 0.1) is 16.0 Å². The third-order valence-electron chi connectivity index (χ3n) is 2.99. The smallest absolute Gasteiger partial charge is 0.346 e. The number of aldehydes is 1. The maximum atomic E-state index is 12.5. The summed E-state index contributed by atoms with van der Waals surface area (Å²) in [5.41, 5.74) is -0.369. The van der Waals surface area contributed by atoms with Crippen LogP contribution in [0.1, 0.15) is 17.3 Å². The fourth-order valence-corrected chi connectivity index (χ4v) is 3.75. The van der Waals surface area contributed by atoms with E-state index in [-0.39, 0.29) is 28.1 Å². The molecule has 10 heteroatoms. The molecule has 0 saturated carbocycles. The van der Waals surface area contributed by atoms with Crippen molar-refractivity contribution in [3.63, 3.8) is 0 Å². The highest BCUT2D eigenvalue weighted by atomic mass is 79.9. The number of halogens is 1. The molecular weight excluding hydrogens is 418 g/mol. The van der Waals surface area contributed by atoms with Crippen LogP contribution >= 0.6 is 15.9 Å². The topological polar surface area (TPSA) is 113 Å². The second-order valence-corrected chi connectivity index (χ2v) is 7.01. The highest BCUT2D eigenvalue weighted by Gasteiger charge is 2.29. The zero-order valence-corrected chi connectivity index (χ0v) is 15.2. The third kappa shape index (κ3) is 4.15. The molecule has 0 spiro atoms. The van der Waals surface area contributed by atoms with Gasteiger partial charge in [-0.25, -0.2) is 0 Å². The second-order valence-electron chi connectivity index (χ2n) is 4.64. The molecular formula is C15H12BrNO7S. The van der Waals surface area contributed by atoms with Crippen LogP contribution in [0.5, 0.6) is 11.5 Å². The van der Waals surface area contributed by atoms with E-state index < -0.39 is 25.6 Å². The Balaban J connectivity index is 2.55. The number of carbonyl (C=O) groups is 1. The number of carbonyl (C=O) groups excluding carboxylic acids is 1. The summed E-state index contributed by atoms with van der Waals surface area (Å²) in [4.78, 5) is 20.6. The van der Waals surface area contributed by atoms with E-state index in [0.717, 1.165) is 12.1 Å². The number of hydrogen-bond acceptors (Lipinski definition) is 7. The van der Waals surface area contributed by atoms with Crippen molar-refractivity contribution < 1.29 is 27.1 Å². The Labute approximate surface area is 151 Å². The van der Waals surface area contributed by atoms with Gasteiger partial charge >= 0.3 is 10.1 Å². The fourth-order valence-electron chi connectivity index (χ4n) is 1.97. The van der Waals surface area contributed by atoms with Crippen LogP contribution in [0.4, 0.5) is 5.69 Å². The van der Waals surface area contributed by atoms with Crippen LogP contribution in [0.3, 0.4) is 0 Å². The Morgan fingerprint density at radius 1 is 1.28 bits per heavy atom. The molecule has 0 bridgehead atoms. The molecule has 0 heterocycles. The molecule has 8 nitrogen and oxygen atoms in total. The summed E-state index contributed by atoms with van der Waals surface area (Å²) in [6.07, 6.45) is 0.563. The molecule has 2 rings (SSSR count). The molecule has 25 heavy (non-hydrogen) atoms. The van der Waals surface area contributed by atoms with Crippen molar-refractivity contribution in [3.05, 3.63) is 56.5 Å². The van der Waals surface area contributed by atoms with Gasteiger partial charge in [-0.3, -0.25) is 14.9 Å². The molecule has 0 saturated heterocycles. The Hall–Kier alpha value is -2.46. The number of nitrogens with zero attached hydrogens (tertiary/aromatic N) is 1. The number of ether oxygens (including phenoxy) is 1. The SMILES string of the molecule is CCOc1cc(C=O)cc(Br)c1OS(=O)(=O)c1ccccc1[N+](=O)[O-]. The molecule has 2 aromatic carbocycles. The molecule has 0 aliphatic rings. The van der Waals surface area contributed by atoms with E-state index in [0.29, 0.717) is 6.29 Å². The maximum Gasteiger partial charge on any atom is 0.346 e. The number of nitro groups is 1. The van der Waals surface area contributed by atoms with E-state index in [2.05, 4.69) is 15.9 Å². The van der Waals surface area contributed by atoms with Crippen molar-refractivity contribution in [1.29, 1.82) is 0 Å². The number of para-hydroxylation sites is 1. The van der Waals surface area contributed by atoms with Gasteiger partial charge in [-0.05, 0) is 41.1 Å². The van der Waals surface area contributed by atoms with Crippen molar-refractivity contribution in [3.8, 4) is 11.5 Å². The lowest BCUT2D eigenvalue weighted by Gasteiger charge is -2.14. The average Bonchev–Trinajstić information content (AvgIpc) is 2.57. The lowest BCUT2D eigenvalue weighted by Crippen LogP contribution is -2.13. The quantitative estimate of drug-likeness (QED) is 0.287. The fraction of sp³-hybridized carbons (Fsp3) is 0.133. The van der Waals surface area contributed by atoms with E-state index in [1.54, 1.807) is 6.92 Å². The number of nitro benzene ring substituents is 1. The van der Waals surface area contributed by atoms with Gasteiger partial charge < -0.3 is 8.92 Å². The highest BCUT2D eigenvalue weighted by molar-refractivity contribution is 9.10. The summed E-state index contributed by atoms with van der Waals surface area (Å²) in [7, 11) is -4.51. The Bertz CT molecular complexity index is 927. The number of hydrogen-bond donors (Lipinski definition) is 0. The van der Waals surface area contributed by atoms with Crippen LogP contribution in [-0.4, -0.2) is 26.2 Å². The predicted molar refractivity (Wildman–Crippen MR) is 91.6 cm³/mol. The van der Waals surface area contributed by atoms with Gasteiger partial charge in [0, 0.05) is 11.6 Å². The molecule has 0 amide bonds. The van der Waals surface area contributed by atoms with Crippen LogP contribution in [0.2, 0.25) is 0 Å². The number of benzene rings is 2. The monoisotopic (exact) mass is 429 g/mol. The van der Waals surface area contributed by atoms with Crippen LogP contribution in [0, 0.1) is 10.1 Å². The first-order valence-corrected chi connectivity index (χ1v) is 9.09. The van der Waals surface area contributed by atoms with E-state index >= 15 is 0 Å². The van der Waals surface area contributed by atoms with E-state index in [1.165, 1.54) is 24.3 Å². The normalized spacial score (nSPS) is 11.0. The van der Waals surface area contributed by atoms with Crippen LogP contribution < -0.4 is 8.92 Å². The highest BCUT2D eigenvalue weighted by Crippen LogP contribution is 2.39. The first-order valence-electron chi connectivity index (χ1n) is 6.89. The standard InChI is InChI=1S/C15H12BrNO7S/c1-2-23-13-8-10(9-18)7-11(16)15(13)24-25(21,22)14-6-4-3-5-12(14)17(19)20/h3-9H,2H2,1H3. The van der Waals surface area contributed by atoms with Crippen molar-refractivity contribution in [2.75, 3.05) is 6.61 Å². The van der Waals surface area contributed by atoms with Gasteiger partial charge in [-0.15, -0.1) is 0 Å².